The Kier molecular flexibility index (Phi) is 6.95. The van der Waals surface area contributed by atoms with Crippen molar-refractivity contribution in [3.63, 3.8) is 0 Å². The van der Waals surface area contributed by atoms with Gasteiger partial charge in [0.25, 0.3) is 0 Å². The van der Waals surface area contributed by atoms with Crippen LogP contribution in [0.5, 0.6) is 5.75 Å². The predicted octanol–water partition coefficient (Wildman–Crippen LogP) is 3.01. The molecule has 2 fully saturated rings. The van der Waals surface area contributed by atoms with E-state index >= 15 is 0 Å². The summed E-state index contributed by atoms with van der Waals surface area (Å²) in [5.74, 6) is -0.804. The average molecular weight is 438 g/mol. The van der Waals surface area contributed by atoms with Gasteiger partial charge in [-0.05, 0) is 50.5 Å². The van der Waals surface area contributed by atoms with Gasteiger partial charge in [0.1, 0.15) is 5.75 Å². The molecular weight excluding hydrogens is 406 g/mol. The molecule has 7 heteroatoms. The number of rotatable bonds is 5. The number of anilines is 1. The second-order valence-electron chi connectivity index (χ2n) is 8.70. The number of para-hydroxylation sites is 1. The Morgan fingerprint density at radius 3 is 2.28 bits per heavy atom. The van der Waals surface area contributed by atoms with E-state index in [1.54, 1.807) is 5.48 Å². The molecule has 1 aliphatic carbocycles. The van der Waals surface area contributed by atoms with Crippen LogP contribution in [0.15, 0.2) is 54.6 Å². The van der Waals surface area contributed by atoms with Gasteiger partial charge in [-0.25, -0.2) is 5.48 Å². The molecule has 1 heterocycles. The van der Waals surface area contributed by atoms with Gasteiger partial charge in [0, 0.05) is 31.9 Å². The Morgan fingerprint density at radius 2 is 1.62 bits per heavy atom. The van der Waals surface area contributed by atoms with Gasteiger partial charge in [-0.1, -0.05) is 35.9 Å². The SMILES string of the molecule is Cc1ccc(OC2CCC(C(=O)N3CCN(c4ccccc4)CC3)C(C(=O)NO)C2)cc1. The van der Waals surface area contributed by atoms with E-state index in [4.69, 9.17) is 4.74 Å². The minimum Gasteiger partial charge on any atom is -0.490 e. The average Bonchev–Trinajstić information content (AvgIpc) is 2.85. The Balaban J connectivity index is 1.38. The third kappa shape index (κ3) is 5.05. The monoisotopic (exact) mass is 437 g/mol. The largest absolute Gasteiger partial charge is 0.490 e. The number of carbonyl (C=O) groups excluding carboxylic acids is 2. The van der Waals surface area contributed by atoms with Crippen molar-refractivity contribution in [3.8, 4) is 5.75 Å². The molecule has 3 atom stereocenters. The molecule has 0 aromatic heterocycles. The van der Waals surface area contributed by atoms with Crippen LogP contribution in [-0.2, 0) is 9.59 Å². The first-order valence-corrected chi connectivity index (χ1v) is 11.3. The van der Waals surface area contributed by atoms with Crippen LogP contribution in [-0.4, -0.2) is 54.2 Å². The van der Waals surface area contributed by atoms with Crippen LogP contribution in [0.4, 0.5) is 5.69 Å². The predicted molar refractivity (Wildman–Crippen MR) is 122 cm³/mol. The second-order valence-corrected chi connectivity index (χ2v) is 8.70. The highest BCUT2D eigenvalue weighted by molar-refractivity contribution is 5.87. The number of benzene rings is 2. The van der Waals surface area contributed by atoms with E-state index in [1.165, 1.54) is 0 Å². The van der Waals surface area contributed by atoms with Crippen LogP contribution >= 0.6 is 0 Å². The van der Waals surface area contributed by atoms with Crippen molar-refractivity contribution in [3.05, 3.63) is 60.2 Å². The highest BCUT2D eigenvalue weighted by Crippen LogP contribution is 2.34. The van der Waals surface area contributed by atoms with Gasteiger partial charge in [-0.3, -0.25) is 14.8 Å². The summed E-state index contributed by atoms with van der Waals surface area (Å²) < 4.78 is 6.08. The molecule has 1 saturated carbocycles. The first kappa shape index (κ1) is 22.1. The van der Waals surface area contributed by atoms with Gasteiger partial charge >= 0.3 is 0 Å². The lowest BCUT2D eigenvalue weighted by atomic mass is 9.76. The van der Waals surface area contributed by atoms with Crippen molar-refractivity contribution in [1.29, 1.82) is 0 Å². The first-order valence-electron chi connectivity index (χ1n) is 11.3. The number of nitrogens with one attached hydrogen (secondary N) is 1. The lowest BCUT2D eigenvalue weighted by Crippen LogP contribution is -2.53. The Hall–Kier alpha value is -3.06. The molecule has 2 N–H and O–H groups in total. The summed E-state index contributed by atoms with van der Waals surface area (Å²) in [6, 6.07) is 18.0. The van der Waals surface area contributed by atoms with E-state index in [2.05, 4.69) is 17.0 Å². The van der Waals surface area contributed by atoms with Crippen LogP contribution in [0.3, 0.4) is 0 Å². The van der Waals surface area contributed by atoms with E-state index < -0.39 is 17.7 Å². The standard InChI is InChI=1S/C25H31N3O4/c1-18-7-9-20(10-8-18)32-21-11-12-22(23(17-21)24(29)26-31)25(30)28-15-13-27(14-16-28)19-5-3-2-4-6-19/h2-10,21-23,31H,11-17H2,1H3,(H,26,29). The van der Waals surface area contributed by atoms with Crippen molar-refractivity contribution < 1.29 is 19.5 Å². The van der Waals surface area contributed by atoms with E-state index in [9.17, 15) is 14.8 Å². The van der Waals surface area contributed by atoms with Gasteiger partial charge in [0.15, 0.2) is 0 Å². The number of hydrogen-bond donors (Lipinski definition) is 2. The smallest absolute Gasteiger partial charge is 0.247 e. The summed E-state index contributed by atoms with van der Waals surface area (Å²) in [4.78, 5) is 29.9. The molecular formula is C25H31N3O4. The number of hydrogen-bond acceptors (Lipinski definition) is 5. The van der Waals surface area contributed by atoms with Crippen molar-refractivity contribution in [1.82, 2.24) is 10.4 Å². The van der Waals surface area contributed by atoms with Gasteiger partial charge < -0.3 is 14.5 Å². The van der Waals surface area contributed by atoms with Gasteiger partial charge in [-0.2, -0.15) is 0 Å². The van der Waals surface area contributed by atoms with E-state index in [0.29, 0.717) is 32.4 Å². The number of ether oxygens (including phenoxy) is 1. The van der Waals surface area contributed by atoms with Crippen LogP contribution in [0.25, 0.3) is 0 Å². The molecule has 1 aliphatic heterocycles. The van der Waals surface area contributed by atoms with E-state index in [-0.39, 0.29) is 12.0 Å². The maximum Gasteiger partial charge on any atom is 0.247 e. The molecule has 170 valence electrons. The van der Waals surface area contributed by atoms with Crippen molar-refractivity contribution in [2.24, 2.45) is 11.8 Å². The van der Waals surface area contributed by atoms with Crippen molar-refractivity contribution >= 4 is 17.5 Å². The number of aryl methyl sites for hydroxylation is 1. The van der Waals surface area contributed by atoms with E-state index in [0.717, 1.165) is 30.1 Å². The number of hydroxylamine groups is 1. The fourth-order valence-corrected chi connectivity index (χ4v) is 4.77. The van der Waals surface area contributed by atoms with Crippen LogP contribution < -0.4 is 15.1 Å². The molecule has 7 nitrogen and oxygen atoms in total. The zero-order valence-corrected chi connectivity index (χ0v) is 18.4. The Morgan fingerprint density at radius 1 is 0.938 bits per heavy atom. The number of carbonyl (C=O) groups is 2. The highest BCUT2D eigenvalue weighted by atomic mass is 16.5. The molecule has 3 unspecified atom stereocenters. The molecule has 2 aliphatic rings. The molecule has 32 heavy (non-hydrogen) atoms. The van der Waals surface area contributed by atoms with Crippen LogP contribution in [0.1, 0.15) is 24.8 Å². The van der Waals surface area contributed by atoms with Gasteiger partial charge in [0.2, 0.25) is 11.8 Å². The summed E-state index contributed by atoms with van der Waals surface area (Å²) in [6.45, 7) is 4.79. The topological polar surface area (TPSA) is 82.1 Å². The molecule has 2 aromatic rings. The third-order valence-corrected chi connectivity index (χ3v) is 6.60. The van der Waals surface area contributed by atoms with Crippen molar-refractivity contribution in [2.45, 2.75) is 32.3 Å². The van der Waals surface area contributed by atoms with Gasteiger partial charge in [-0.15, -0.1) is 0 Å². The molecule has 0 spiro atoms. The minimum absolute atomic E-state index is 0.0000904. The zero-order valence-electron chi connectivity index (χ0n) is 18.4. The number of nitrogens with zero attached hydrogens (tertiary/aromatic N) is 2. The summed E-state index contributed by atoms with van der Waals surface area (Å²) in [5, 5.41) is 9.29. The Bertz CT molecular complexity index is 911. The molecule has 0 radical (unpaired) electrons. The highest BCUT2D eigenvalue weighted by Gasteiger charge is 2.42. The maximum atomic E-state index is 13.3. The lowest BCUT2D eigenvalue weighted by molar-refractivity contribution is -0.148. The summed E-state index contributed by atoms with van der Waals surface area (Å²) in [7, 11) is 0. The summed E-state index contributed by atoms with van der Waals surface area (Å²) in [5.41, 5.74) is 4.08. The fourth-order valence-electron chi connectivity index (χ4n) is 4.77. The second kappa shape index (κ2) is 10.0. The minimum atomic E-state index is -0.608. The zero-order chi connectivity index (χ0) is 22.5. The molecule has 4 rings (SSSR count). The Labute approximate surface area is 188 Å². The third-order valence-electron chi connectivity index (χ3n) is 6.60. The maximum absolute atomic E-state index is 13.3. The summed E-state index contributed by atoms with van der Waals surface area (Å²) in [6.07, 6.45) is 1.50. The molecule has 1 saturated heterocycles. The van der Waals surface area contributed by atoms with Crippen LogP contribution in [0.2, 0.25) is 0 Å². The van der Waals surface area contributed by atoms with E-state index in [1.807, 2.05) is 54.3 Å². The first-order chi connectivity index (χ1) is 15.5. The molecule has 2 amide bonds. The van der Waals surface area contributed by atoms with Crippen LogP contribution in [0, 0.1) is 18.8 Å². The van der Waals surface area contributed by atoms with Gasteiger partial charge in [0.05, 0.1) is 17.9 Å². The number of piperazine rings is 1. The fraction of sp³-hybridized carbons (Fsp3) is 0.440. The lowest BCUT2D eigenvalue weighted by Gasteiger charge is -2.40. The molecule has 0 bridgehead atoms. The number of amides is 2. The summed E-state index contributed by atoms with van der Waals surface area (Å²) >= 11 is 0. The van der Waals surface area contributed by atoms with Crippen molar-refractivity contribution in [2.75, 3.05) is 31.1 Å². The molecule has 2 aromatic carbocycles. The quantitative estimate of drug-likeness (QED) is 0.555. The normalized spacial score (nSPS) is 23.5.